The van der Waals surface area contributed by atoms with Gasteiger partial charge >= 0.3 is 12.1 Å². The highest BCUT2D eigenvalue weighted by Crippen LogP contribution is 2.22. The van der Waals surface area contributed by atoms with Gasteiger partial charge in [0.05, 0.1) is 32.5 Å². The Morgan fingerprint density at radius 1 is 1.07 bits per heavy atom. The van der Waals surface area contributed by atoms with Crippen molar-refractivity contribution in [3.8, 4) is 0 Å². The Bertz CT molecular complexity index is 488. The highest BCUT2D eigenvalue weighted by atomic mass is 16.6. The van der Waals surface area contributed by atoms with Crippen LogP contribution < -0.4 is 5.32 Å². The average Bonchev–Trinajstić information content (AvgIpc) is 2.61. The second kappa shape index (κ2) is 14.6. The Kier molecular flexibility index (Phi) is 13.9. The van der Waals surface area contributed by atoms with E-state index < -0.39 is 29.8 Å². The smallest absolute Gasteiger partial charge is 0.408 e. The van der Waals surface area contributed by atoms with Gasteiger partial charge in [-0.25, -0.2) is 9.59 Å². The third-order valence-electron chi connectivity index (χ3n) is 4.45. The fraction of sp³-hybridized carbons (Fsp3) is 0.909. The molecule has 0 rings (SSSR count). The molecule has 8 nitrogen and oxygen atoms in total. The number of carbonyl (C=O) groups is 2. The molecule has 0 spiro atoms. The molecule has 2 N–H and O–H groups in total. The second-order valence-corrected chi connectivity index (χ2v) is 9.04. The van der Waals surface area contributed by atoms with E-state index in [1.807, 2.05) is 6.92 Å². The van der Waals surface area contributed by atoms with E-state index in [0.717, 1.165) is 19.3 Å². The zero-order valence-corrected chi connectivity index (χ0v) is 20.0. The van der Waals surface area contributed by atoms with Crippen molar-refractivity contribution in [1.82, 2.24) is 5.32 Å². The van der Waals surface area contributed by atoms with Crippen LogP contribution in [0, 0.1) is 11.8 Å². The monoisotopic (exact) mass is 433 g/mol. The number of nitrogens with one attached hydrogen (secondary N) is 1. The number of aliphatic hydroxyl groups is 1. The van der Waals surface area contributed by atoms with E-state index >= 15 is 0 Å². The molecule has 8 heteroatoms. The minimum atomic E-state index is -1.00. The van der Waals surface area contributed by atoms with E-state index in [1.54, 1.807) is 27.7 Å². The first kappa shape index (κ1) is 28.6. The van der Waals surface area contributed by atoms with Crippen LogP contribution in [0.2, 0.25) is 0 Å². The topological polar surface area (TPSA) is 103 Å². The van der Waals surface area contributed by atoms with Gasteiger partial charge < -0.3 is 29.4 Å². The molecule has 0 saturated heterocycles. The summed E-state index contributed by atoms with van der Waals surface area (Å²) in [6, 6.07) is -1.00. The van der Waals surface area contributed by atoms with E-state index in [1.165, 1.54) is 7.11 Å². The van der Waals surface area contributed by atoms with Crippen molar-refractivity contribution in [3.63, 3.8) is 0 Å². The van der Waals surface area contributed by atoms with E-state index in [4.69, 9.17) is 18.9 Å². The molecule has 0 bridgehead atoms. The molecule has 0 aromatic heterocycles. The number of amides is 1. The fourth-order valence-corrected chi connectivity index (χ4v) is 2.89. The molecule has 0 radical (unpaired) electrons. The van der Waals surface area contributed by atoms with Crippen LogP contribution in [0.4, 0.5) is 4.79 Å². The molecule has 4 atom stereocenters. The highest BCUT2D eigenvalue weighted by molar-refractivity contribution is 5.81. The Hall–Kier alpha value is -1.38. The molecular weight excluding hydrogens is 390 g/mol. The molecule has 0 aromatic rings. The zero-order valence-electron chi connectivity index (χ0n) is 20.0. The van der Waals surface area contributed by atoms with E-state index in [-0.39, 0.29) is 25.2 Å². The van der Waals surface area contributed by atoms with Gasteiger partial charge in [-0.2, -0.15) is 0 Å². The van der Waals surface area contributed by atoms with Crippen molar-refractivity contribution in [2.24, 2.45) is 11.8 Å². The number of rotatable bonds is 14. The Balaban J connectivity index is 5.00. The molecular formula is C22H43NO7. The Morgan fingerprint density at radius 3 is 2.17 bits per heavy atom. The lowest BCUT2D eigenvalue weighted by Crippen LogP contribution is -2.47. The summed E-state index contributed by atoms with van der Waals surface area (Å²) in [6.45, 7) is 13.9. The van der Waals surface area contributed by atoms with Gasteiger partial charge in [0.2, 0.25) is 0 Å². The maximum Gasteiger partial charge on any atom is 0.408 e. The number of hydrogen-bond acceptors (Lipinski definition) is 7. The van der Waals surface area contributed by atoms with Crippen molar-refractivity contribution >= 4 is 12.1 Å². The minimum absolute atomic E-state index is 0.0886. The first-order chi connectivity index (χ1) is 13.9. The quantitative estimate of drug-likeness (QED) is 0.405. The molecule has 0 aromatic carbocycles. The van der Waals surface area contributed by atoms with Gasteiger partial charge in [0.1, 0.15) is 5.60 Å². The lowest BCUT2D eigenvalue weighted by Gasteiger charge is -2.30. The standard InChI is InChI=1S/C22H43NO7/c1-9-12-29-19(17(16(4)24)11-10-15(2)3)14-28-13-18(20(25)27-8)23-21(26)30-22(5,6)7/h15-19,24H,9-14H2,1-8H3,(H,23,26). The van der Waals surface area contributed by atoms with Crippen LogP contribution in [0.5, 0.6) is 0 Å². The van der Waals surface area contributed by atoms with Gasteiger partial charge in [-0.15, -0.1) is 0 Å². The van der Waals surface area contributed by atoms with Crippen LogP contribution in [0.25, 0.3) is 0 Å². The first-order valence-corrected chi connectivity index (χ1v) is 10.9. The Labute approximate surface area is 182 Å². The van der Waals surface area contributed by atoms with E-state index in [2.05, 4.69) is 19.2 Å². The first-order valence-electron chi connectivity index (χ1n) is 10.9. The molecule has 30 heavy (non-hydrogen) atoms. The van der Waals surface area contributed by atoms with Crippen molar-refractivity contribution in [3.05, 3.63) is 0 Å². The van der Waals surface area contributed by atoms with Gasteiger partial charge in [0.15, 0.2) is 6.04 Å². The number of ether oxygens (including phenoxy) is 4. The molecule has 0 aliphatic heterocycles. The van der Waals surface area contributed by atoms with Crippen LogP contribution in [0.3, 0.4) is 0 Å². The number of carbonyl (C=O) groups excluding carboxylic acids is 2. The summed E-state index contributed by atoms with van der Waals surface area (Å²) in [5.41, 5.74) is -0.689. The molecule has 1 amide bonds. The third-order valence-corrected chi connectivity index (χ3v) is 4.45. The predicted octanol–water partition coefficient (Wildman–Crippen LogP) is 3.30. The van der Waals surface area contributed by atoms with Crippen LogP contribution in [0.15, 0.2) is 0 Å². The lowest BCUT2D eigenvalue weighted by atomic mass is 9.89. The van der Waals surface area contributed by atoms with Crippen LogP contribution in [-0.2, 0) is 23.7 Å². The minimum Gasteiger partial charge on any atom is -0.467 e. The summed E-state index contributed by atoms with van der Waals surface area (Å²) >= 11 is 0. The second-order valence-electron chi connectivity index (χ2n) is 9.04. The summed E-state index contributed by atoms with van der Waals surface area (Å²) < 4.78 is 21.6. The predicted molar refractivity (Wildman–Crippen MR) is 115 cm³/mol. The number of alkyl carbamates (subject to hydrolysis) is 1. The number of esters is 1. The molecule has 4 unspecified atom stereocenters. The largest absolute Gasteiger partial charge is 0.467 e. The molecule has 0 aliphatic rings. The highest BCUT2D eigenvalue weighted by Gasteiger charge is 2.29. The molecule has 0 heterocycles. The average molecular weight is 434 g/mol. The van der Waals surface area contributed by atoms with E-state index in [9.17, 15) is 14.7 Å². The maximum atomic E-state index is 12.0. The van der Waals surface area contributed by atoms with Crippen molar-refractivity contribution in [2.75, 3.05) is 26.9 Å². The van der Waals surface area contributed by atoms with Crippen LogP contribution in [0.1, 0.15) is 67.7 Å². The van der Waals surface area contributed by atoms with Gasteiger partial charge in [0.25, 0.3) is 0 Å². The maximum absolute atomic E-state index is 12.0. The van der Waals surface area contributed by atoms with Crippen LogP contribution in [-0.4, -0.2) is 68.0 Å². The van der Waals surface area contributed by atoms with Gasteiger partial charge in [0, 0.05) is 12.5 Å². The normalized spacial score (nSPS) is 15.9. The third kappa shape index (κ3) is 13.0. The van der Waals surface area contributed by atoms with Crippen molar-refractivity contribution in [2.45, 2.75) is 91.6 Å². The lowest BCUT2D eigenvalue weighted by molar-refractivity contribution is -0.146. The summed E-state index contributed by atoms with van der Waals surface area (Å²) in [5, 5.41) is 12.8. The zero-order chi connectivity index (χ0) is 23.3. The molecule has 0 aliphatic carbocycles. The summed E-state index contributed by atoms with van der Waals surface area (Å²) in [4.78, 5) is 24.1. The number of methoxy groups -OCH3 is 1. The summed E-state index contributed by atoms with van der Waals surface area (Å²) in [5.74, 6) is -0.200. The molecule has 0 fully saturated rings. The van der Waals surface area contributed by atoms with Crippen molar-refractivity contribution in [1.29, 1.82) is 0 Å². The van der Waals surface area contributed by atoms with Crippen molar-refractivity contribution < 1.29 is 33.6 Å². The fourth-order valence-electron chi connectivity index (χ4n) is 2.89. The molecule has 178 valence electrons. The SMILES string of the molecule is CCCOC(COCC(NC(=O)OC(C)(C)C)C(=O)OC)C(CCC(C)C)C(C)O. The number of aliphatic hydroxyl groups excluding tert-OH is 1. The summed E-state index contributed by atoms with van der Waals surface area (Å²) in [6.07, 6.45) is 1.03. The van der Waals surface area contributed by atoms with Gasteiger partial charge in [-0.1, -0.05) is 27.2 Å². The van der Waals surface area contributed by atoms with Gasteiger partial charge in [-0.05, 0) is 46.5 Å². The summed E-state index contributed by atoms with van der Waals surface area (Å²) in [7, 11) is 1.24. The Morgan fingerprint density at radius 2 is 1.70 bits per heavy atom. The van der Waals surface area contributed by atoms with E-state index in [0.29, 0.717) is 12.5 Å². The molecule has 0 saturated carbocycles. The van der Waals surface area contributed by atoms with Crippen LogP contribution >= 0.6 is 0 Å². The number of hydrogen-bond donors (Lipinski definition) is 2. The van der Waals surface area contributed by atoms with Gasteiger partial charge in [-0.3, -0.25) is 0 Å².